The molecule has 0 aliphatic rings. The summed E-state index contributed by atoms with van der Waals surface area (Å²) in [6.07, 6.45) is 0. The van der Waals surface area contributed by atoms with E-state index in [0.717, 1.165) is 0 Å². The van der Waals surface area contributed by atoms with Crippen molar-refractivity contribution in [2.75, 3.05) is 0 Å². The fourth-order valence-corrected chi connectivity index (χ4v) is 0. The molecule has 0 fully saturated rings. The zero-order chi connectivity index (χ0) is 0. The first-order valence-corrected chi connectivity index (χ1v) is 0. The van der Waals surface area contributed by atoms with Gasteiger partial charge < -0.3 is 0 Å². The Bertz CT molecular complexity index is 3.61. The molecule has 0 spiro atoms. The van der Waals surface area contributed by atoms with E-state index in [1.807, 2.05) is 0 Å². The Kier molecular flexibility index (Phi) is 160. The quantitative estimate of drug-likeness (QED) is 0.373. The van der Waals surface area contributed by atoms with Crippen LogP contribution in [0.4, 0.5) is 0 Å². The maximum absolute atomic E-state index is 0. The van der Waals surface area contributed by atoms with E-state index in [2.05, 4.69) is 0 Å². The van der Waals surface area contributed by atoms with Crippen LogP contribution in [0.15, 0.2) is 0 Å². The topological polar surface area (TPSA) is 0 Å². The summed E-state index contributed by atoms with van der Waals surface area (Å²) in [5.74, 6) is 0. The predicted molar refractivity (Wildman–Crippen MR) is 23.0 cm³/mol. The standard InChI is InChI=1S/Cu.4Na. The van der Waals surface area contributed by atoms with Crippen LogP contribution in [0.2, 0.25) is 0 Å². The molecule has 0 saturated heterocycles. The van der Waals surface area contributed by atoms with E-state index in [0.29, 0.717) is 0 Å². The first kappa shape index (κ1) is 33.8. The number of rotatable bonds is 0. The van der Waals surface area contributed by atoms with Gasteiger partial charge in [-0.2, -0.15) is 0 Å². The molecule has 0 aromatic rings. The molecule has 0 unspecified atom stereocenters. The second-order valence-corrected chi connectivity index (χ2v) is 0. The van der Waals surface area contributed by atoms with Gasteiger partial charge in [-0.25, -0.2) is 0 Å². The van der Waals surface area contributed by atoms with Gasteiger partial charge in [-0.15, -0.1) is 0 Å². The zero-order valence-corrected chi connectivity index (χ0v) is 13.2. The van der Waals surface area contributed by atoms with Crippen molar-refractivity contribution in [2.45, 2.75) is 0 Å². The average molecular weight is 156 g/mol. The van der Waals surface area contributed by atoms with Crippen molar-refractivity contribution < 1.29 is 17.1 Å². The Hall–Kier alpha value is 4.52. The molecule has 0 aliphatic heterocycles. The van der Waals surface area contributed by atoms with Crippen LogP contribution in [0, 0.1) is 0 Å². The van der Waals surface area contributed by atoms with E-state index in [9.17, 15) is 0 Å². The molecule has 0 rings (SSSR count). The Labute approximate surface area is 132 Å². The van der Waals surface area contributed by atoms with Crippen molar-refractivity contribution in [1.29, 1.82) is 0 Å². The molecule has 0 N–H and O–H groups in total. The van der Waals surface area contributed by atoms with Gasteiger partial charge in [0.25, 0.3) is 0 Å². The molecular weight excluding hydrogens is 156 g/mol. The molecule has 0 aliphatic carbocycles. The van der Waals surface area contributed by atoms with Gasteiger partial charge >= 0.3 is 0 Å². The molecule has 5 heteroatoms. The van der Waals surface area contributed by atoms with Crippen molar-refractivity contribution in [3.63, 3.8) is 0 Å². The van der Waals surface area contributed by atoms with Gasteiger partial charge in [-0.3, -0.25) is 0 Å². The van der Waals surface area contributed by atoms with E-state index < -0.39 is 0 Å². The monoisotopic (exact) mass is 155 g/mol. The van der Waals surface area contributed by atoms with Crippen molar-refractivity contribution in [3.05, 3.63) is 0 Å². The molecule has 0 aromatic carbocycles. The minimum atomic E-state index is 0. The molecule has 0 heterocycles. The molecule has 0 saturated carbocycles. The van der Waals surface area contributed by atoms with Crippen LogP contribution in [-0.2, 0) is 17.1 Å². The first-order valence-electron chi connectivity index (χ1n) is 0. The third-order valence-electron chi connectivity index (χ3n) is 0. The van der Waals surface area contributed by atoms with Gasteiger partial charge in [-0.1, -0.05) is 0 Å². The van der Waals surface area contributed by atoms with E-state index in [4.69, 9.17) is 0 Å². The summed E-state index contributed by atoms with van der Waals surface area (Å²) in [7, 11) is 0. The smallest absolute Gasteiger partial charge is 0 e. The van der Waals surface area contributed by atoms with Gasteiger partial charge in [0, 0.05) is 135 Å². The van der Waals surface area contributed by atoms with Crippen molar-refractivity contribution in [3.8, 4) is 0 Å². The largest absolute Gasteiger partial charge is 0 e. The number of hydrogen-bond acceptors (Lipinski definition) is 0. The summed E-state index contributed by atoms with van der Waals surface area (Å²) in [5.41, 5.74) is 0. The van der Waals surface area contributed by atoms with E-state index in [1.54, 1.807) is 0 Å². The molecule has 5 radical (unpaired) electrons. The molecule has 0 nitrogen and oxygen atoms in total. The van der Waals surface area contributed by atoms with Crippen molar-refractivity contribution >= 4 is 118 Å². The maximum atomic E-state index is 0. The molecule has 0 atom stereocenters. The Morgan fingerprint density at radius 1 is 0.400 bits per heavy atom. The van der Waals surface area contributed by atoms with Crippen LogP contribution in [0.1, 0.15) is 0 Å². The summed E-state index contributed by atoms with van der Waals surface area (Å²) < 4.78 is 0. The normalized spacial score (nSPS) is 0. The van der Waals surface area contributed by atoms with Crippen LogP contribution >= 0.6 is 0 Å². The molecular formula is CuNa4. The van der Waals surface area contributed by atoms with Crippen molar-refractivity contribution in [1.82, 2.24) is 0 Å². The Morgan fingerprint density at radius 2 is 0.400 bits per heavy atom. The summed E-state index contributed by atoms with van der Waals surface area (Å²) in [4.78, 5) is 0. The molecule has 0 aromatic heterocycles. The summed E-state index contributed by atoms with van der Waals surface area (Å²) in [6, 6.07) is 0. The van der Waals surface area contributed by atoms with Crippen LogP contribution in [0.25, 0.3) is 0 Å². The van der Waals surface area contributed by atoms with E-state index >= 15 is 0 Å². The number of hydrogen-bond donors (Lipinski definition) is 0. The third kappa shape index (κ3) is 17.7. The Morgan fingerprint density at radius 3 is 0.400 bits per heavy atom. The molecule has 5 heavy (non-hydrogen) atoms. The summed E-state index contributed by atoms with van der Waals surface area (Å²) >= 11 is 0. The van der Waals surface area contributed by atoms with E-state index in [1.165, 1.54) is 0 Å². The van der Waals surface area contributed by atoms with Gasteiger partial charge in [0.05, 0.1) is 0 Å². The molecule has 15 valence electrons. The van der Waals surface area contributed by atoms with Crippen LogP contribution < -0.4 is 0 Å². The van der Waals surface area contributed by atoms with Crippen LogP contribution in [-0.4, -0.2) is 118 Å². The van der Waals surface area contributed by atoms with Crippen molar-refractivity contribution in [2.24, 2.45) is 0 Å². The maximum Gasteiger partial charge on any atom is 0 e. The van der Waals surface area contributed by atoms with Gasteiger partial charge in [0.15, 0.2) is 0 Å². The summed E-state index contributed by atoms with van der Waals surface area (Å²) in [5, 5.41) is 0. The SMILES string of the molecule is [Cu].[Na].[Na].[Na].[Na]. The summed E-state index contributed by atoms with van der Waals surface area (Å²) in [6.45, 7) is 0. The van der Waals surface area contributed by atoms with Crippen LogP contribution in [0.5, 0.6) is 0 Å². The van der Waals surface area contributed by atoms with E-state index in [-0.39, 0.29) is 135 Å². The average Bonchev–Trinajstić information content (AvgIpc) is 0. The second-order valence-electron chi connectivity index (χ2n) is 0. The first-order chi connectivity index (χ1) is 0. The van der Waals surface area contributed by atoms with Gasteiger partial charge in [-0.05, 0) is 0 Å². The van der Waals surface area contributed by atoms with Crippen LogP contribution in [0.3, 0.4) is 0 Å². The minimum absolute atomic E-state index is 0. The van der Waals surface area contributed by atoms with Gasteiger partial charge in [0.2, 0.25) is 0 Å². The Balaban J connectivity index is 0. The molecule has 0 amide bonds. The second kappa shape index (κ2) is 23.6. The fraction of sp³-hybridized carbons (Fsp3) is 0. The minimum Gasteiger partial charge on any atom is 0 e. The molecule has 0 bridgehead atoms. The predicted octanol–water partition coefficient (Wildman–Crippen LogP) is -1.53. The third-order valence-corrected chi connectivity index (χ3v) is 0. The fourth-order valence-electron chi connectivity index (χ4n) is 0. The van der Waals surface area contributed by atoms with Gasteiger partial charge in [0.1, 0.15) is 0 Å². The zero-order valence-electron chi connectivity index (χ0n) is 4.30.